The first-order valence-electron chi connectivity index (χ1n) is 10.6. The summed E-state index contributed by atoms with van der Waals surface area (Å²) in [6.45, 7) is 6.59. The molecule has 0 spiro atoms. The topological polar surface area (TPSA) is 100 Å². The van der Waals surface area contributed by atoms with Crippen LogP contribution in [0, 0.1) is 0 Å². The second-order valence-electron chi connectivity index (χ2n) is 7.29. The van der Waals surface area contributed by atoms with Gasteiger partial charge in [-0.05, 0) is 66.6 Å². The molecule has 1 aromatic heterocycles. The molecule has 2 aromatic carbocycles. The van der Waals surface area contributed by atoms with Gasteiger partial charge in [-0.1, -0.05) is 39.2 Å². The Morgan fingerprint density at radius 3 is 2.61 bits per heavy atom. The number of hydrogen-bond acceptors (Lipinski definition) is 8. The van der Waals surface area contributed by atoms with Crippen molar-refractivity contribution in [3.63, 3.8) is 0 Å². The van der Waals surface area contributed by atoms with E-state index < -0.39 is 12.0 Å². The van der Waals surface area contributed by atoms with Crippen molar-refractivity contribution in [2.45, 2.75) is 33.4 Å². The van der Waals surface area contributed by atoms with Gasteiger partial charge in [0.05, 0.1) is 18.8 Å². The predicted octanol–water partition coefficient (Wildman–Crippen LogP) is 4.27. The van der Waals surface area contributed by atoms with Gasteiger partial charge in [0.25, 0.3) is 0 Å². The van der Waals surface area contributed by atoms with Crippen LogP contribution in [0.5, 0.6) is 11.5 Å². The summed E-state index contributed by atoms with van der Waals surface area (Å²) in [7, 11) is 0. The maximum absolute atomic E-state index is 12.8. The number of carbonyl (C=O) groups is 1. The van der Waals surface area contributed by atoms with Gasteiger partial charge in [-0.2, -0.15) is 4.68 Å². The van der Waals surface area contributed by atoms with Crippen molar-refractivity contribution in [3.8, 4) is 11.5 Å². The molecule has 3 aromatic rings. The molecule has 9 nitrogen and oxygen atoms in total. The standard InChI is InChI=1S/C23H24BrN5O4/c1-4-31-19-12-16(8-11-18(19)33-13-15-6-9-17(24)10-7-15)21-20(22(30)32-5-2)14(3)25-23-26-27-28-29(21)23/h6-12,21H,4-5,13H2,1-3H3,(H,25,26,28). The van der Waals surface area contributed by atoms with Crippen LogP contribution in [0.25, 0.3) is 0 Å². The SMILES string of the molecule is CCOC(=O)C1=C(C)Nc2nnnn2C1c1ccc(OCc2ccc(Br)cc2)c(OCC)c1. The molecule has 1 aliphatic rings. The number of carbonyl (C=O) groups excluding carboxylic acids is 1. The van der Waals surface area contributed by atoms with Crippen LogP contribution in [0.3, 0.4) is 0 Å². The number of nitrogens with one attached hydrogen (secondary N) is 1. The van der Waals surface area contributed by atoms with E-state index in [-0.39, 0.29) is 6.61 Å². The van der Waals surface area contributed by atoms with Gasteiger partial charge in [-0.15, -0.1) is 0 Å². The average molecular weight is 514 g/mol. The highest BCUT2D eigenvalue weighted by Crippen LogP contribution is 2.39. The predicted molar refractivity (Wildman–Crippen MR) is 125 cm³/mol. The quantitative estimate of drug-likeness (QED) is 0.445. The van der Waals surface area contributed by atoms with Gasteiger partial charge in [-0.25, -0.2) is 4.79 Å². The van der Waals surface area contributed by atoms with E-state index >= 15 is 0 Å². The summed E-state index contributed by atoms with van der Waals surface area (Å²) in [6.07, 6.45) is 0. The molecule has 10 heteroatoms. The summed E-state index contributed by atoms with van der Waals surface area (Å²) in [5.74, 6) is 1.19. The molecule has 33 heavy (non-hydrogen) atoms. The number of esters is 1. The summed E-state index contributed by atoms with van der Waals surface area (Å²) >= 11 is 3.44. The van der Waals surface area contributed by atoms with E-state index in [0.717, 1.165) is 15.6 Å². The smallest absolute Gasteiger partial charge is 0.338 e. The Hall–Kier alpha value is -3.40. The second kappa shape index (κ2) is 10.0. The van der Waals surface area contributed by atoms with Crippen LogP contribution in [0.1, 0.15) is 37.9 Å². The van der Waals surface area contributed by atoms with Crippen molar-refractivity contribution >= 4 is 27.8 Å². The van der Waals surface area contributed by atoms with E-state index in [1.54, 1.807) is 18.5 Å². The molecule has 0 bridgehead atoms. The monoisotopic (exact) mass is 513 g/mol. The maximum atomic E-state index is 12.8. The van der Waals surface area contributed by atoms with Crippen molar-refractivity contribution in [2.24, 2.45) is 0 Å². The summed E-state index contributed by atoms with van der Waals surface area (Å²) in [5.41, 5.74) is 2.87. The lowest BCUT2D eigenvalue weighted by Crippen LogP contribution is -2.29. The molecular formula is C23H24BrN5O4. The fraction of sp³-hybridized carbons (Fsp3) is 0.304. The highest BCUT2D eigenvalue weighted by atomic mass is 79.9. The largest absolute Gasteiger partial charge is 0.490 e. The van der Waals surface area contributed by atoms with Crippen molar-refractivity contribution in [2.75, 3.05) is 18.5 Å². The number of anilines is 1. The van der Waals surface area contributed by atoms with Crippen molar-refractivity contribution < 1.29 is 19.0 Å². The molecule has 1 N–H and O–H groups in total. The number of benzene rings is 2. The molecule has 0 radical (unpaired) electrons. The summed E-state index contributed by atoms with van der Waals surface area (Å²) in [4.78, 5) is 12.8. The first kappa shape index (κ1) is 22.8. The lowest BCUT2D eigenvalue weighted by molar-refractivity contribution is -0.139. The van der Waals surface area contributed by atoms with Gasteiger partial charge < -0.3 is 19.5 Å². The second-order valence-corrected chi connectivity index (χ2v) is 8.20. The van der Waals surface area contributed by atoms with Gasteiger partial charge >= 0.3 is 5.97 Å². The molecule has 1 atom stereocenters. The molecule has 0 saturated heterocycles. The minimum absolute atomic E-state index is 0.262. The van der Waals surface area contributed by atoms with E-state index in [1.807, 2.05) is 49.4 Å². The Kier molecular flexibility index (Phi) is 6.93. The van der Waals surface area contributed by atoms with Crippen LogP contribution in [0.2, 0.25) is 0 Å². The number of fused-ring (bicyclic) bond motifs is 1. The molecule has 1 aliphatic heterocycles. The minimum atomic E-state index is -0.574. The van der Waals surface area contributed by atoms with Crippen LogP contribution in [-0.4, -0.2) is 39.4 Å². The fourth-order valence-electron chi connectivity index (χ4n) is 3.62. The average Bonchev–Trinajstić information content (AvgIpc) is 3.26. The summed E-state index contributed by atoms with van der Waals surface area (Å²) in [6, 6.07) is 12.9. The van der Waals surface area contributed by atoms with Crippen molar-refractivity contribution in [1.82, 2.24) is 20.2 Å². The molecule has 0 aliphatic carbocycles. The van der Waals surface area contributed by atoms with Gasteiger partial charge in [0.1, 0.15) is 12.6 Å². The lowest BCUT2D eigenvalue weighted by Gasteiger charge is -2.27. The van der Waals surface area contributed by atoms with Gasteiger partial charge in [-0.3, -0.25) is 0 Å². The van der Waals surface area contributed by atoms with Crippen LogP contribution in [0.4, 0.5) is 5.95 Å². The van der Waals surface area contributed by atoms with E-state index in [4.69, 9.17) is 14.2 Å². The van der Waals surface area contributed by atoms with Crippen LogP contribution >= 0.6 is 15.9 Å². The molecule has 0 fully saturated rings. The summed E-state index contributed by atoms with van der Waals surface area (Å²) < 4.78 is 19.8. The van der Waals surface area contributed by atoms with Gasteiger partial charge in [0.15, 0.2) is 11.5 Å². The van der Waals surface area contributed by atoms with Crippen molar-refractivity contribution in [3.05, 3.63) is 69.3 Å². The Morgan fingerprint density at radius 2 is 1.88 bits per heavy atom. The number of nitrogens with zero attached hydrogens (tertiary/aromatic N) is 4. The Morgan fingerprint density at radius 1 is 1.09 bits per heavy atom. The molecule has 4 rings (SSSR count). The summed E-state index contributed by atoms with van der Waals surface area (Å²) in [5, 5.41) is 14.9. The lowest BCUT2D eigenvalue weighted by atomic mass is 9.95. The highest BCUT2D eigenvalue weighted by molar-refractivity contribution is 9.10. The van der Waals surface area contributed by atoms with Crippen molar-refractivity contribution in [1.29, 1.82) is 0 Å². The first-order chi connectivity index (χ1) is 16.0. The van der Waals surface area contributed by atoms with Gasteiger partial charge in [0.2, 0.25) is 5.95 Å². The van der Waals surface area contributed by atoms with E-state index in [9.17, 15) is 4.79 Å². The minimum Gasteiger partial charge on any atom is -0.490 e. The number of tetrazole rings is 1. The van der Waals surface area contributed by atoms with E-state index in [2.05, 4.69) is 36.8 Å². The van der Waals surface area contributed by atoms with Crippen LogP contribution in [0.15, 0.2) is 58.2 Å². The Labute approximate surface area is 199 Å². The van der Waals surface area contributed by atoms with Crippen LogP contribution < -0.4 is 14.8 Å². The Bertz CT molecular complexity index is 1180. The van der Waals surface area contributed by atoms with E-state index in [0.29, 0.717) is 41.9 Å². The normalized spacial score (nSPS) is 15.0. The highest BCUT2D eigenvalue weighted by Gasteiger charge is 2.35. The third-order valence-electron chi connectivity index (χ3n) is 5.10. The molecular weight excluding hydrogens is 490 g/mol. The van der Waals surface area contributed by atoms with Crippen LogP contribution in [-0.2, 0) is 16.1 Å². The third-order valence-corrected chi connectivity index (χ3v) is 5.63. The first-order valence-corrected chi connectivity index (χ1v) is 11.4. The molecule has 0 saturated carbocycles. The zero-order chi connectivity index (χ0) is 23.4. The fourth-order valence-corrected chi connectivity index (χ4v) is 3.88. The zero-order valence-electron chi connectivity index (χ0n) is 18.5. The number of allylic oxidation sites excluding steroid dienone is 1. The number of halogens is 1. The Balaban J connectivity index is 1.69. The number of ether oxygens (including phenoxy) is 3. The molecule has 172 valence electrons. The molecule has 0 amide bonds. The van der Waals surface area contributed by atoms with E-state index in [1.165, 1.54) is 0 Å². The zero-order valence-corrected chi connectivity index (χ0v) is 20.1. The number of hydrogen-bond donors (Lipinski definition) is 1. The number of aromatic nitrogens is 4. The molecule has 1 unspecified atom stereocenters. The van der Waals surface area contributed by atoms with Gasteiger partial charge in [0, 0.05) is 10.2 Å². The third kappa shape index (κ3) is 4.85. The number of rotatable bonds is 8. The maximum Gasteiger partial charge on any atom is 0.338 e. The molecule has 2 heterocycles.